The molecule has 0 spiro atoms. The standard InChI is InChI=1S/C15H25N5/c1-6-16-11(3)15-12(4)18-20(13(15)5)10-14-8-17-19(7-2)9-14/h8-9,11,16H,6-7,10H2,1-5H3. The third kappa shape index (κ3) is 2.93. The topological polar surface area (TPSA) is 47.7 Å². The Balaban J connectivity index is 2.22. The summed E-state index contributed by atoms with van der Waals surface area (Å²) in [7, 11) is 0. The summed E-state index contributed by atoms with van der Waals surface area (Å²) >= 11 is 0. The Morgan fingerprint density at radius 1 is 1.30 bits per heavy atom. The molecule has 2 heterocycles. The first kappa shape index (κ1) is 14.8. The molecule has 2 aromatic heterocycles. The Morgan fingerprint density at radius 3 is 2.65 bits per heavy atom. The maximum Gasteiger partial charge on any atom is 0.0693 e. The van der Waals surface area contributed by atoms with E-state index < -0.39 is 0 Å². The fourth-order valence-electron chi connectivity index (χ4n) is 2.73. The van der Waals surface area contributed by atoms with Crippen molar-refractivity contribution in [2.75, 3.05) is 6.54 Å². The first-order valence-electron chi connectivity index (χ1n) is 7.35. The quantitative estimate of drug-likeness (QED) is 0.881. The predicted molar refractivity (Wildman–Crippen MR) is 80.8 cm³/mol. The van der Waals surface area contributed by atoms with Gasteiger partial charge in [-0.1, -0.05) is 6.92 Å². The van der Waals surface area contributed by atoms with Gasteiger partial charge in [-0.3, -0.25) is 9.36 Å². The minimum absolute atomic E-state index is 0.340. The van der Waals surface area contributed by atoms with Gasteiger partial charge in [0.05, 0.1) is 18.4 Å². The zero-order chi connectivity index (χ0) is 14.7. The van der Waals surface area contributed by atoms with Gasteiger partial charge >= 0.3 is 0 Å². The van der Waals surface area contributed by atoms with E-state index in [0.717, 1.165) is 25.3 Å². The van der Waals surface area contributed by atoms with Crippen LogP contribution < -0.4 is 5.32 Å². The number of hydrogen-bond donors (Lipinski definition) is 1. The SMILES string of the molecule is CCNC(C)c1c(C)nn(Cc2cnn(CC)c2)c1C. The number of nitrogens with one attached hydrogen (secondary N) is 1. The van der Waals surface area contributed by atoms with Crippen molar-refractivity contribution in [3.8, 4) is 0 Å². The van der Waals surface area contributed by atoms with Crippen LogP contribution in [0.25, 0.3) is 0 Å². The average Bonchev–Trinajstić information content (AvgIpc) is 2.96. The normalized spacial score (nSPS) is 12.8. The Bertz CT molecular complexity index is 567. The van der Waals surface area contributed by atoms with Gasteiger partial charge in [-0.05, 0) is 34.2 Å². The van der Waals surface area contributed by atoms with Crippen LogP contribution in [0.4, 0.5) is 0 Å². The minimum Gasteiger partial charge on any atom is -0.310 e. The van der Waals surface area contributed by atoms with Crippen LogP contribution in [0.1, 0.15) is 49.3 Å². The van der Waals surface area contributed by atoms with Gasteiger partial charge in [0.15, 0.2) is 0 Å². The molecule has 2 rings (SSSR count). The summed E-state index contributed by atoms with van der Waals surface area (Å²) < 4.78 is 4.03. The Hall–Kier alpha value is -1.62. The van der Waals surface area contributed by atoms with Crippen molar-refractivity contribution in [2.24, 2.45) is 0 Å². The van der Waals surface area contributed by atoms with Crippen LogP contribution in [-0.2, 0) is 13.1 Å². The molecule has 20 heavy (non-hydrogen) atoms. The maximum atomic E-state index is 4.68. The summed E-state index contributed by atoms with van der Waals surface area (Å²) in [6.45, 7) is 13.3. The van der Waals surface area contributed by atoms with Gasteiger partial charge in [-0.15, -0.1) is 0 Å². The van der Waals surface area contributed by atoms with Crippen LogP contribution in [0.5, 0.6) is 0 Å². The van der Waals surface area contributed by atoms with E-state index in [2.05, 4.69) is 61.0 Å². The number of hydrogen-bond acceptors (Lipinski definition) is 3. The maximum absolute atomic E-state index is 4.68. The monoisotopic (exact) mass is 275 g/mol. The molecule has 5 heteroatoms. The van der Waals surface area contributed by atoms with Gasteiger partial charge in [0.2, 0.25) is 0 Å². The van der Waals surface area contributed by atoms with Gasteiger partial charge in [-0.25, -0.2) is 0 Å². The van der Waals surface area contributed by atoms with Gasteiger partial charge < -0.3 is 5.32 Å². The third-order valence-corrected chi connectivity index (χ3v) is 3.72. The lowest BCUT2D eigenvalue weighted by Crippen LogP contribution is -2.19. The Labute approximate surface area is 121 Å². The summed E-state index contributed by atoms with van der Waals surface area (Å²) in [6.07, 6.45) is 4.01. The lowest BCUT2D eigenvalue weighted by atomic mass is 10.1. The molecule has 0 aromatic carbocycles. The Morgan fingerprint density at radius 2 is 2.05 bits per heavy atom. The van der Waals surface area contributed by atoms with Crippen molar-refractivity contribution in [2.45, 2.75) is 53.8 Å². The van der Waals surface area contributed by atoms with E-state index in [0.29, 0.717) is 6.04 Å². The number of aryl methyl sites for hydroxylation is 2. The van der Waals surface area contributed by atoms with Crippen molar-refractivity contribution in [3.05, 3.63) is 34.9 Å². The van der Waals surface area contributed by atoms with Crippen LogP contribution in [0.15, 0.2) is 12.4 Å². The lowest BCUT2D eigenvalue weighted by molar-refractivity contribution is 0.589. The molecule has 0 aliphatic carbocycles. The average molecular weight is 275 g/mol. The molecule has 0 saturated carbocycles. The molecule has 110 valence electrons. The van der Waals surface area contributed by atoms with Crippen LogP contribution in [-0.4, -0.2) is 26.1 Å². The van der Waals surface area contributed by atoms with Gasteiger partial charge in [0, 0.05) is 35.6 Å². The number of nitrogens with zero attached hydrogens (tertiary/aromatic N) is 4. The summed E-state index contributed by atoms with van der Waals surface area (Å²) in [4.78, 5) is 0. The van der Waals surface area contributed by atoms with E-state index >= 15 is 0 Å². The molecule has 1 atom stereocenters. The van der Waals surface area contributed by atoms with E-state index in [1.807, 2.05) is 10.9 Å². The van der Waals surface area contributed by atoms with Crippen molar-refractivity contribution >= 4 is 0 Å². The lowest BCUT2D eigenvalue weighted by Gasteiger charge is -2.13. The summed E-state index contributed by atoms with van der Waals surface area (Å²) in [6, 6.07) is 0.340. The fourth-order valence-corrected chi connectivity index (χ4v) is 2.73. The van der Waals surface area contributed by atoms with E-state index in [9.17, 15) is 0 Å². The highest BCUT2D eigenvalue weighted by Crippen LogP contribution is 2.21. The van der Waals surface area contributed by atoms with Crippen molar-refractivity contribution in [1.82, 2.24) is 24.9 Å². The van der Waals surface area contributed by atoms with Crippen molar-refractivity contribution < 1.29 is 0 Å². The van der Waals surface area contributed by atoms with Crippen molar-refractivity contribution in [3.63, 3.8) is 0 Å². The number of aromatic nitrogens is 4. The molecule has 0 bridgehead atoms. The fraction of sp³-hybridized carbons (Fsp3) is 0.600. The van der Waals surface area contributed by atoms with E-state index in [-0.39, 0.29) is 0 Å². The molecule has 0 aliphatic rings. The number of rotatable bonds is 6. The summed E-state index contributed by atoms with van der Waals surface area (Å²) in [5.74, 6) is 0. The zero-order valence-electron chi connectivity index (χ0n) is 13.1. The largest absolute Gasteiger partial charge is 0.310 e. The molecule has 1 N–H and O–H groups in total. The Kier molecular flexibility index (Phi) is 4.60. The van der Waals surface area contributed by atoms with E-state index in [1.54, 1.807) is 0 Å². The van der Waals surface area contributed by atoms with Crippen molar-refractivity contribution in [1.29, 1.82) is 0 Å². The predicted octanol–water partition coefficient (Wildman–Crippen LogP) is 2.44. The third-order valence-electron chi connectivity index (χ3n) is 3.72. The second kappa shape index (κ2) is 6.22. The summed E-state index contributed by atoms with van der Waals surface area (Å²) in [5, 5.41) is 12.5. The second-order valence-corrected chi connectivity index (χ2v) is 5.23. The zero-order valence-corrected chi connectivity index (χ0v) is 13.1. The van der Waals surface area contributed by atoms with Crippen LogP contribution in [0.3, 0.4) is 0 Å². The van der Waals surface area contributed by atoms with Gasteiger partial charge in [0.25, 0.3) is 0 Å². The summed E-state index contributed by atoms with van der Waals surface area (Å²) in [5.41, 5.74) is 4.86. The van der Waals surface area contributed by atoms with Gasteiger partial charge in [0.1, 0.15) is 0 Å². The molecular weight excluding hydrogens is 250 g/mol. The highest BCUT2D eigenvalue weighted by atomic mass is 15.3. The van der Waals surface area contributed by atoms with E-state index in [1.165, 1.54) is 16.8 Å². The van der Waals surface area contributed by atoms with Crippen LogP contribution in [0, 0.1) is 13.8 Å². The first-order valence-corrected chi connectivity index (χ1v) is 7.35. The highest BCUT2D eigenvalue weighted by Gasteiger charge is 2.17. The molecule has 2 aromatic rings. The molecule has 0 amide bonds. The smallest absolute Gasteiger partial charge is 0.0693 e. The molecule has 0 saturated heterocycles. The van der Waals surface area contributed by atoms with E-state index in [4.69, 9.17) is 0 Å². The van der Waals surface area contributed by atoms with Crippen LogP contribution in [0.2, 0.25) is 0 Å². The molecule has 5 nitrogen and oxygen atoms in total. The van der Waals surface area contributed by atoms with Gasteiger partial charge in [-0.2, -0.15) is 10.2 Å². The van der Waals surface area contributed by atoms with Crippen LogP contribution >= 0.6 is 0 Å². The second-order valence-electron chi connectivity index (χ2n) is 5.23. The first-order chi connectivity index (χ1) is 9.56. The molecule has 0 aliphatic heterocycles. The molecular formula is C15H25N5. The molecule has 1 unspecified atom stereocenters. The molecule has 0 radical (unpaired) electrons. The highest BCUT2D eigenvalue weighted by molar-refractivity contribution is 5.28. The molecule has 0 fully saturated rings. The minimum atomic E-state index is 0.340.